The summed E-state index contributed by atoms with van der Waals surface area (Å²) in [6.07, 6.45) is 4.20. The summed E-state index contributed by atoms with van der Waals surface area (Å²) in [4.78, 5) is 0. The van der Waals surface area contributed by atoms with E-state index in [1.165, 1.54) is 10.9 Å². The average molecular weight is 476 g/mol. The summed E-state index contributed by atoms with van der Waals surface area (Å²) in [6.45, 7) is 2.11. The van der Waals surface area contributed by atoms with Crippen molar-refractivity contribution in [3.05, 3.63) is 109 Å². The van der Waals surface area contributed by atoms with Gasteiger partial charge in [0.25, 0.3) is 6.71 Å². The molecule has 0 saturated carbocycles. The van der Waals surface area contributed by atoms with Crippen molar-refractivity contribution >= 4 is 51.1 Å². The van der Waals surface area contributed by atoms with E-state index in [9.17, 15) is 0 Å². The highest BCUT2D eigenvalue weighted by Gasteiger charge is 2.40. The van der Waals surface area contributed by atoms with Crippen LogP contribution in [0.1, 0.15) is 12.5 Å². The predicted molar refractivity (Wildman–Crippen MR) is 152 cm³/mol. The second-order valence-electron chi connectivity index (χ2n) is 9.60. The molecular formula is C33H21BO3. The van der Waals surface area contributed by atoms with Gasteiger partial charge in [-0.1, -0.05) is 72.8 Å². The van der Waals surface area contributed by atoms with Crippen LogP contribution in [0.15, 0.2) is 108 Å². The van der Waals surface area contributed by atoms with Crippen LogP contribution in [-0.4, -0.2) is 6.71 Å². The van der Waals surface area contributed by atoms with Gasteiger partial charge in [-0.15, -0.1) is 0 Å². The first-order valence-corrected chi connectivity index (χ1v) is 12.6. The minimum Gasteiger partial charge on any atom is -0.458 e. The maximum absolute atomic E-state index is 6.53. The number of ether oxygens (including phenoxy) is 2. The van der Waals surface area contributed by atoms with E-state index in [4.69, 9.17) is 13.9 Å². The van der Waals surface area contributed by atoms with E-state index in [0.717, 1.165) is 67.1 Å². The molecule has 5 aromatic carbocycles. The van der Waals surface area contributed by atoms with Crippen LogP contribution in [0.4, 0.5) is 0 Å². The number of hydrogen-bond donors (Lipinski definition) is 0. The lowest BCUT2D eigenvalue weighted by Gasteiger charge is -2.33. The van der Waals surface area contributed by atoms with Crippen LogP contribution in [0.5, 0.6) is 23.0 Å². The van der Waals surface area contributed by atoms with E-state index in [2.05, 4.69) is 78.9 Å². The van der Waals surface area contributed by atoms with Gasteiger partial charge in [0.1, 0.15) is 34.2 Å². The molecule has 0 bridgehead atoms. The molecule has 0 N–H and O–H groups in total. The van der Waals surface area contributed by atoms with E-state index in [-0.39, 0.29) is 6.71 Å². The van der Waals surface area contributed by atoms with Crippen LogP contribution in [0.3, 0.4) is 0 Å². The molecule has 37 heavy (non-hydrogen) atoms. The normalized spacial score (nSPS) is 13.3. The molecule has 0 aliphatic carbocycles. The quantitative estimate of drug-likeness (QED) is 0.252. The Balaban J connectivity index is 1.42. The molecule has 3 nitrogen and oxygen atoms in total. The van der Waals surface area contributed by atoms with Crippen molar-refractivity contribution in [2.45, 2.75) is 6.92 Å². The number of para-hydroxylation sites is 2. The van der Waals surface area contributed by atoms with Crippen LogP contribution in [0.25, 0.3) is 39.1 Å². The molecule has 0 amide bonds. The second kappa shape index (κ2) is 7.65. The number of allylic oxidation sites excluding steroid dienone is 1. The number of benzene rings is 5. The van der Waals surface area contributed by atoms with E-state index < -0.39 is 0 Å². The summed E-state index contributed by atoms with van der Waals surface area (Å²) in [5, 5.41) is 2.22. The zero-order valence-corrected chi connectivity index (χ0v) is 20.2. The molecule has 0 unspecified atom stereocenters. The lowest BCUT2D eigenvalue weighted by atomic mass is 9.35. The smallest absolute Gasteiger partial charge is 0.260 e. The van der Waals surface area contributed by atoms with Gasteiger partial charge < -0.3 is 13.9 Å². The zero-order valence-electron chi connectivity index (χ0n) is 20.2. The highest BCUT2D eigenvalue weighted by Crippen LogP contribution is 2.42. The van der Waals surface area contributed by atoms with Gasteiger partial charge in [0.05, 0.1) is 0 Å². The zero-order chi connectivity index (χ0) is 24.5. The Morgan fingerprint density at radius 2 is 1.24 bits per heavy atom. The van der Waals surface area contributed by atoms with Gasteiger partial charge in [-0.05, 0) is 70.9 Å². The summed E-state index contributed by atoms with van der Waals surface area (Å²) in [5.74, 6) is 3.46. The number of rotatable bonds is 2. The van der Waals surface area contributed by atoms with E-state index in [1.54, 1.807) is 0 Å². The van der Waals surface area contributed by atoms with Crippen LogP contribution >= 0.6 is 0 Å². The maximum Gasteiger partial charge on any atom is 0.260 e. The summed E-state index contributed by atoms with van der Waals surface area (Å²) < 4.78 is 19.4. The molecule has 3 heterocycles. The number of hydrogen-bond acceptors (Lipinski definition) is 3. The Morgan fingerprint density at radius 3 is 1.92 bits per heavy atom. The molecule has 8 rings (SSSR count). The molecule has 6 aromatic rings. The van der Waals surface area contributed by atoms with Gasteiger partial charge in [-0.3, -0.25) is 0 Å². The van der Waals surface area contributed by atoms with Crippen LogP contribution in [0.2, 0.25) is 0 Å². The monoisotopic (exact) mass is 476 g/mol. The van der Waals surface area contributed by atoms with Crippen molar-refractivity contribution in [2.24, 2.45) is 0 Å². The molecular weight excluding hydrogens is 455 g/mol. The van der Waals surface area contributed by atoms with Crippen LogP contribution in [-0.2, 0) is 0 Å². The second-order valence-corrected chi connectivity index (χ2v) is 9.60. The fourth-order valence-electron chi connectivity index (χ4n) is 6.00. The van der Waals surface area contributed by atoms with Crippen LogP contribution in [0, 0.1) is 0 Å². The largest absolute Gasteiger partial charge is 0.458 e. The van der Waals surface area contributed by atoms with Crippen molar-refractivity contribution in [2.75, 3.05) is 0 Å². The Morgan fingerprint density at radius 1 is 0.622 bits per heavy atom. The standard InChI is InChI=1S/C33H21BO3/c1-2-9-20-10-7-16-27-31(20)32-22(11-8-17-28(32)37-27)21-18-29-33-30(19-21)36-26-15-6-4-13-24(26)34(33)23-12-3-5-14-25(23)35-29/h2-19H,1H3/b9-2+. The van der Waals surface area contributed by atoms with E-state index >= 15 is 0 Å². The third-order valence-corrected chi connectivity index (χ3v) is 7.50. The first-order valence-electron chi connectivity index (χ1n) is 12.6. The summed E-state index contributed by atoms with van der Waals surface area (Å²) in [6, 6.07) is 33.4. The van der Waals surface area contributed by atoms with Gasteiger partial charge in [-0.25, -0.2) is 0 Å². The van der Waals surface area contributed by atoms with E-state index in [1.807, 2.05) is 37.3 Å². The summed E-state index contributed by atoms with van der Waals surface area (Å²) in [5.41, 5.74) is 8.43. The Hall–Kier alpha value is -4.70. The third kappa shape index (κ3) is 2.90. The molecule has 1 aromatic heterocycles. The van der Waals surface area contributed by atoms with Crippen LogP contribution < -0.4 is 25.9 Å². The number of fused-ring (bicyclic) bond motifs is 7. The molecule has 4 heteroatoms. The topological polar surface area (TPSA) is 31.6 Å². The van der Waals surface area contributed by atoms with Gasteiger partial charge in [0.2, 0.25) is 0 Å². The minimum absolute atomic E-state index is 0.0702. The molecule has 0 atom stereocenters. The molecule has 174 valence electrons. The van der Waals surface area contributed by atoms with Crippen molar-refractivity contribution in [1.82, 2.24) is 0 Å². The summed E-state index contributed by atoms with van der Waals surface area (Å²) >= 11 is 0. The highest BCUT2D eigenvalue weighted by molar-refractivity contribution is 6.98. The van der Waals surface area contributed by atoms with Crippen molar-refractivity contribution in [1.29, 1.82) is 0 Å². The Labute approximate surface area is 214 Å². The van der Waals surface area contributed by atoms with Gasteiger partial charge in [0.15, 0.2) is 0 Å². The molecule has 0 spiro atoms. The Bertz CT molecular complexity index is 1840. The fraction of sp³-hybridized carbons (Fsp3) is 0.0303. The van der Waals surface area contributed by atoms with E-state index in [0.29, 0.717) is 0 Å². The molecule has 0 radical (unpaired) electrons. The minimum atomic E-state index is 0.0702. The Kier molecular flexibility index (Phi) is 4.24. The highest BCUT2D eigenvalue weighted by atomic mass is 16.5. The average Bonchev–Trinajstić information content (AvgIpc) is 3.32. The van der Waals surface area contributed by atoms with Gasteiger partial charge in [0, 0.05) is 16.2 Å². The van der Waals surface area contributed by atoms with Crippen molar-refractivity contribution in [3.63, 3.8) is 0 Å². The first-order chi connectivity index (χ1) is 18.3. The summed E-state index contributed by atoms with van der Waals surface area (Å²) in [7, 11) is 0. The lowest BCUT2D eigenvalue weighted by Crippen LogP contribution is -2.57. The first kappa shape index (κ1) is 20.5. The van der Waals surface area contributed by atoms with Gasteiger partial charge in [-0.2, -0.15) is 0 Å². The lowest BCUT2D eigenvalue weighted by molar-refractivity contribution is 0.465. The van der Waals surface area contributed by atoms with Crippen molar-refractivity contribution < 1.29 is 13.9 Å². The molecule has 0 fully saturated rings. The fourth-order valence-corrected chi connectivity index (χ4v) is 6.00. The molecule has 2 aliphatic heterocycles. The number of furan rings is 1. The SMILES string of the molecule is C/C=C/c1cccc2oc3cccc(-c4cc5c6c(c4)Oc4ccccc4B6c4ccccc4O5)c3c12. The molecule has 0 saturated heterocycles. The third-order valence-electron chi connectivity index (χ3n) is 7.50. The predicted octanol–water partition coefficient (Wildman–Crippen LogP) is 7.01. The van der Waals surface area contributed by atoms with Gasteiger partial charge >= 0.3 is 0 Å². The molecule has 2 aliphatic rings. The maximum atomic E-state index is 6.53. The van der Waals surface area contributed by atoms with Crippen molar-refractivity contribution in [3.8, 4) is 34.1 Å².